The van der Waals surface area contributed by atoms with Crippen molar-refractivity contribution in [2.45, 2.75) is 19.4 Å². The van der Waals surface area contributed by atoms with Crippen LogP contribution < -0.4 is 10.6 Å². The molecule has 0 aliphatic carbocycles. The van der Waals surface area contributed by atoms with Crippen LogP contribution in [0.1, 0.15) is 17.5 Å². The van der Waals surface area contributed by atoms with Crippen LogP contribution >= 0.6 is 11.6 Å². The Morgan fingerprint density at radius 2 is 1.84 bits per heavy atom. The summed E-state index contributed by atoms with van der Waals surface area (Å²) in [5, 5.41) is 0.736. The van der Waals surface area contributed by atoms with Crippen LogP contribution in [0.25, 0.3) is 0 Å². The van der Waals surface area contributed by atoms with Crippen molar-refractivity contribution in [2.75, 3.05) is 17.2 Å². The molecule has 0 spiro atoms. The maximum Gasteiger partial charge on any atom is 0.0660 e. The second kappa shape index (κ2) is 5.14. The second-order valence-electron chi connectivity index (χ2n) is 5.00. The fraction of sp³-hybridized carbons (Fsp3) is 0.250. The lowest BCUT2D eigenvalue weighted by atomic mass is 10.0. The monoisotopic (exact) mass is 272 g/mol. The molecule has 0 aromatic heterocycles. The Bertz CT molecular complexity index is 595. The molecule has 0 fully saturated rings. The van der Waals surface area contributed by atoms with Gasteiger partial charge in [-0.05, 0) is 42.2 Å². The topological polar surface area (TPSA) is 29.3 Å². The van der Waals surface area contributed by atoms with Gasteiger partial charge in [-0.25, -0.2) is 0 Å². The number of nitrogens with two attached hydrogens (primary N) is 1. The van der Waals surface area contributed by atoms with Crippen molar-refractivity contribution in [3.05, 3.63) is 58.6 Å². The van der Waals surface area contributed by atoms with Crippen molar-refractivity contribution >= 4 is 23.0 Å². The predicted molar refractivity (Wildman–Crippen MR) is 81.7 cm³/mol. The number of fused-ring (bicyclic) bond motifs is 1. The van der Waals surface area contributed by atoms with Gasteiger partial charge in [-0.15, -0.1) is 0 Å². The van der Waals surface area contributed by atoms with E-state index in [0.717, 1.165) is 36.6 Å². The van der Waals surface area contributed by atoms with Crippen molar-refractivity contribution in [3.63, 3.8) is 0 Å². The minimum Gasteiger partial charge on any atom is -0.399 e. The molecular weight excluding hydrogens is 256 g/mol. The molecule has 3 heteroatoms. The molecule has 0 saturated carbocycles. The number of hydrogen-bond donors (Lipinski definition) is 1. The summed E-state index contributed by atoms with van der Waals surface area (Å²) in [4.78, 5) is 2.34. The van der Waals surface area contributed by atoms with Crippen molar-refractivity contribution in [3.8, 4) is 0 Å². The number of aryl methyl sites for hydroxylation is 1. The number of rotatable bonds is 1. The molecule has 98 valence electrons. The predicted octanol–water partition coefficient (Wildman–Crippen LogP) is 3.88. The largest absolute Gasteiger partial charge is 0.399 e. The number of nitrogens with zero attached hydrogens (tertiary/aromatic N) is 1. The van der Waals surface area contributed by atoms with Crippen LogP contribution in [0.15, 0.2) is 42.5 Å². The lowest BCUT2D eigenvalue weighted by molar-refractivity contribution is 0.766. The molecule has 0 bridgehead atoms. The standard InChI is InChI=1S/C16H17ClN2/c17-15-10-14(18)7-8-16(15)19-9-3-6-12-4-1-2-5-13(12)11-19/h1-2,4-5,7-8,10H,3,6,9,11,18H2. The number of anilines is 2. The van der Waals surface area contributed by atoms with Gasteiger partial charge >= 0.3 is 0 Å². The molecule has 2 N–H and O–H groups in total. The Labute approximate surface area is 118 Å². The minimum absolute atomic E-state index is 0.712. The minimum atomic E-state index is 0.712. The number of hydrogen-bond acceptors (Lipinski definition) is 2. The van der Waals surface area contributed by atoms with E-state index in [-0.39, 0.29) is 0 Å². The zero-order valence-corrected chi connectivity index (χ0v) is 11.5. The average molecular weight is 273 g/mol. The van der Waals surface area contributed by atoms with Gasteiger partial charge in [-0.1, -0.05) is 35.9 Å². The molecule has 0 radical (unpaired) electrons. The van der Waals surface area contributed by atoms with Crippen LogP contribution in [0.2, 0.25) is 5.02 Å². The molecule has 0 atom stereocenters. The molecule has 2 nitrogen and oxygen atoms in total. The molecule has 1 aliphatic heterocycles. The van der Waals surface area contributed by atoms with Gasteiger partial charge in [-0.3, -0.25) is 0 Å². The van der Waals surface area contributed by atoms with Crippen LogP contribution in [0, 0.1) is 0 Å². The van der Waals surface area contributed by atoms with E-state index in [4.69, 9.17) is 17.3 Å². The number of nitrogen functional groups attached to an aromatic ring is 1. The highest BCUT2D eigenvalue weighted by atomic mass is 35.5. The van der Waals surface area contributed by atoms with E-state index in [1.807, 2.05) is 18.2 Å². The molecule has 1 heterocycles. The Hall–Kier alpha value is -1.67. The summed E-state index contributed by atoms with van der Waals surface area (Å²) < 4.78 is 0. The molecule has 0 unspecified atom stereocenters. The summed E-state index contributed by atoms with van der Waals surface area (Å²) in [5.74, 6) is 0. The van der Waals surface area contributed by atoms with E-state index >= 15 is 0 Å². The Balaban J connectivity index is 1.94. The van der Waals surface area contributed by atoms with Gasteiger partial charge < -0.3 is 10.6 Å². The first-order chi connectivity index (χ1) is 9.24. The van der Waals surface area contributed by atoms with Gasteiger partial charge in [0.05, 0.1) is 10.7 Å². The first kappa shape index (κ1) is 12.4. The van der Waals surface area contributed by atoms with Crippen LogP contribution in [-0.2, 0) is 13.0 Å². The van der Waals surface area contributed by atoms with Crippen LogP contribution in [0.4, 0.5) is 11.4 Å². The number of benzene rings is 2. The summed E-state index contributed by atoms with van der Waals surface area (Å²) in [5.41, 5.74) is 10.4. The van der Waals surface area contributed by atoms with Gasteiger partial charge in [0, 0.05) is 18.8 Å². The van der Waals surface area contributed by atoms with Crippen molar-refractivity contribution < 1.29 is 0 Å². The van der Waals surface area contributed by atoms with Gasteiger partial charge in [-0.2, -0.15) is 0 Å². The zero-order valence-electron chi connectivity index (χ0n) is 10.8. The Morgan fingerprint density at radius 1 is 1.05 bits per heavy atom. The third-order valence-electron chi connectivity index (χ3n) is 3.67. The fourth-order valence-corrected chi connectivity index (χ4v) is 2.99. The lowest BCUT2D eigenvalue weighted by Crippen LogP contribution is -2.22. The molecule has 1 aliphatic rings. The molecule has 2 aromatic carbocycles. The first-order valence-electron chi connectivity index (χ1n) is 6.61. The van der Waals surface area contributed by atoms with E-state index in [2.05, 4.69) is 29.2 Å². The molecule has 0 amide bonds. The Kier molecular flexibility index (Phi) is 3.34. The second-order valence-corrected chi connectivity index (χ2v) is 5.41. The van der Waals surface area contributed by atoms with Crippen molar-refractivity contribution in [2.24, 2.45) is 0 Å². The van der Waals surface area contributed by atoms with E-state index in [1.54, 1.807) is 0 Å². The van der Waals surface area contributed by atoms with Gasteiger partial charge in [0.2, 0.25) is 0 Å². The Morgan fingerprint density at radius 3 is 2.63 bits per heavy atom. The fourth-order valence-electron chi connectivity index (χ4n) is 2.69. The van der Waals surface area contributed by atoms with Gasteiger partial charge in [0.25, 0.3) is 0 Å². The summed E-state index contributed by atoms with van der Waals surface area (Å²) >= 11 is 6.32. The van der Waals surface area contributed by atoms with E-state index in [9.17, 15) is 0 Å². The average Bonchev–Trinajstić information content (AvgIpc) is 2.60. The highest BCUT2D eigenvalue weighted by Gasteiger charge is 2.16. The lowest BCUT2D eigenvalue weighted by Gasteiger charge is -2.24. The zero-order chi connectivity index (χ0) is 13.2. The van der Waals surface area contributed by atoms with Crippen molar-refractivity contribution in [1.29, 1.82) is 0 Å². The molecular formula is C16H17ClN2. The summed E-state index contributed by atoms with van der Waals surface area (Å²) in [6.07, 6.45) is 2.29. The van der Waals surface area contributed by atoms with Crippen LogP contribution in [0.5, 0.6) is 0 Å². The maximum atomic E-state index is 6.32. The van der Waals surface area contributed by atoms with E-state index < -0.39 is 0 Å². The maximum absolute atomic E-state index is 6.32. The highest BCUT2D eigenvalue weighted by molar-refractivity contribution is 6.33. The summed E-state index contributed by atoms with van der Waals surface area (Å²) in [6, 6.07) is 14.4. The van der Waals surface area contributed by atoms with Gasteiger partial charge in [0.1, 0.15) is 0 Å². The molecule has 19 heavy (non-hydrogen) atoms. The first-order valence-corrected chi connectivity index (χ1v) is 6.98. The SMILES string of the molecule is Nc1ccc(N2CCCc3ccccc3C2)c(Cl)c1. The molecule has 2 aromatic rings. The highest BCUT2D eigenvalue weighted by Crippen LogP contribution is 2.31. The van der Waals surface area contributed by atoms with Crippen LogP contribution in [0.3, 0.4) is 0 Å². The smallest absolute Gasteiger partial charge is 0.0660 e. The normalized spacial score (nSPS) is 14.9. The number of halogens is 1. The van der Waals surface area contributed by atoms with E-state index in [1.165, 1.54) is 11.1 Å². The summed E-state index contributed by atoms with van der Waals surface area (Å²) in [7, 11) is 0. The van der Waals surface area contributed by atoms with Crippen molar-refractivity contribution in [1.82, 2.24) is 0 Å². The van der Waals surface area contributed by atoms with Crippen LogP contribution in [-0.4, -0.2) is 6.54 Å². The van der Waals surface area contributed by atoms with E-state index in [0.29, 0.717) is 5.69 Å². The third-order valence-corrected chi connectivity index (χ3v) is 3.97. The molecule has 3 rings (SSSR count). The van der Waals surface area contributed by atoms with Gasteiger partial charge in [0.15, 0.2) is 0 Å². The molecule has 0 saturated heterocycles. The summed E-state index contributed by atoms with van der Waals surface area (Å²) in [6.45, 7) is 1.94. The third kappa shape index (κ3) is 2.54. The quantitative estimate of drug-likeness (QED) is 0.799.